The molecule has 1 amide bonds. The number of amides is 1. The fourth-order valence-electron chi connectivity index (χ4n) is 1.62. The second-order valence-corrected chi connectivity index (χ2v) is 4.27. The highest BCUT2D eigenvalue weighted by Crippen LogP contribution is 2.12. The molecular weight excluding hydrogens is 232 g/mol. The molecule has 7 nitrogen and oxygen atoms in total. The van der Waals surface area contributed by atoms with E-state index in [2.05, 4.69) is 15.5 Å². The van der Waals surface area contributed by atoms with Gasteiger partial charge in [0.25, 0.3) is 0 Å². The molecule has 0 unspecified atom stereocenters. The Balaban J connectivity index is 2.01. The number of aromatic nitrogens is 4. The van der Waals surface area contributed by atoms with E-state index < -0.39 is 0 Å². The summed E-state index contributed by atoms with van der Waals surface area (Å²) in [5, 5.41) is 10.9. The Morgan fingerprint density at radius 2 is 2.28 bits per heavy atom. The lowest BCUT2D eigenvalue weighted by molar-refractivity contribution is -0.116. The molecule has 2 rings (SSSR count). The SMILES string of the molecule is CC(C)n1nccc1NC(=O)Cn1cc(N)cn1. The Morgan fingerprint density at radius 3 is 2.89 bits per heavy atom. The Bertz CT molecular complexity index is 541. The van der Waals surface area contributed by atoms with Gasteiger partial charge in [0.2, 0.25) is 5.91 Å². The Hall–Kier alpha value is -2.31. The third kappa shape index (κ3) is 2.68. The molecule has 0 saturated carbocycles. The van der Waals surface area contributed by atoms with Crippen molar-refractivity contribution in [1.29, 1.82) is 0 Å². The number of carbonyl (C=O) groups is 1. The largest absolute Gasteiger partial charge is 0.396 e. The van der Waals surface area contributed by atoms with E-state index in [4.69, 9.17) is 5.73 Å². The van der Waals surface area contributed by atoms with E-state index in [1.807, 2.05) is 13.8 Å². The number of nitrogen functional groups attached to an aromatic ring is 1. The first kappa shape index (κ1) is 12.2. The molecule has 0 fully saturated rings. The zero-order chi connectivity index (χ0) is 13.1. The van der Waals surface area contributed by atoms with E-state index in [0.717, 1.165) is 0 Å². The van der Waals surface area contributed by atoms with Crippen molar-refractivity contribution >= 4 is 17.4 Å². The van der Waals surface area contributed by atoms with E-state index >= 15 is 0 Å². The van der Waals surface area contributed by atoms with Gasteiger partial charge in [-0.15, -0.1) is 0 Å². The van der Waals surface area contributed by atoms with Crippen LogP contribution < -0.4 is 11.1 Å². The summed E-state index contributed by atoms with van der Waals surface area (Å²) >= 11 is 0. The molecule has 0 atom stereocenters. The molecule has 7 heteroatoms. The molecule has 0 bridgehead atoms. The van der Waals surface area contributed by atoms with Crippen LogP contribution >= 0.6 is 0 Å². The van der Waals surface area contributed by atoms with Crippen LogP contribution in [0.1, 0.15) is 19.9 Å². The minimum absolute atomic E-state index is 0.125. The summed E-state index contributed by atoms with van der Waals surface area (Å²) in [6.07, 6.45) is 4.77. The summed E-state index contributed by atoms with van der Waals surface area (Å²) in [5.74, 6) is 0.510. The number of hydrogen-bond acceptors (Lipinski definition) is 4. The standard InChI is InChI=1S/C11H16N6O/c1-8(2)17-10(3-4-13-17)15-11(18)7-16-6-9(12)5-14-16/h3-6,8H,7,12H2,1-2H3,(H,15,18). The van der Waals surface area contributed by atoms with Crippen LogP contribution in [-0.2, 0) is 11.3 Å². The van der Waals surface area contributed by atoms with Gasteiger partial charge in [0.05, 0.1) is 18.1 Å². The maximum absolute atomic E-state index is 11.8. The van der Waals surface area contributed by atoms with E-state index in [-0.39, 0.29) is 18.5 Å². The Morgan fingerprint density at radius 1 is 1.50 bits per heavy atom. The van der Waals surface area contributed by atoms with Crippen LogP contribution in [0.25, 0.3) is 0 Å². The van der Waals surface area contributed by atoms with Gasteiger partial charge in [-0.25, -0.2) is 4.68 Å². The van der Waals surface area contributed by atoms with Crippen molar-refractivity contribution < 1.29 is 4.79 Å². The maximum Gasteiger partial charge on any atom is 0.247 e. The molecule has 96 valence electrons. The van der Waals surface area contributed by atoms with E-state index in [9.17, 15) is 4.79 Å². The molecule has 0 spiro atoms. The summed E-state index contributed by atoms with van der Waals surface area (Å²) < 4.78 is 3.23. The molecule has 0 aliphatic carbocycles. The third-order valence-corrected chi connectivity index (χ3v) is 2.39. The van der Waals surface area contributed by atoms with E-state index in [1.165, 1.54) is 10.9 Å². The number of nitrogens with two attached hydrogens (primary N) is 1. The number of hydrogen-bond donors (Lipinski definition) is 2. The third-order valence-electron chi connectivity index (χ3n) is 2.39. The predicted octanol–water partition coefficient (Wildman–Crippen LogP) is 0.881. The molecule has 0 saturated heterocycles. The summed E-state index contributed by atoms with van der Waals surface area (Å²) in [7, 11) is 0. The fraction of sp³-hybridized carbons (Fsp3) is 0.364. The van der Waals surface area contributed by atoms with Gasteiger partial charge in [0, 0.05) is 18.3 Å². The van der Waals surface area contributed by atoms with Crippen molar-refractivity contribution in [2.24, 2.45) is 0 Å². The van der Waals surface area contributed by atoms with Crippen LogP contribution in [0.15, 0.2) is 24.7 Å². The smallest absolute Gasteiger partial charge is 0.247 e. The lowest BCUT2D eigenvalue weighted by Crippen LogP contribution is -2.21. The molecule has 0 radical (unpaired) electrons. The zero-order valence-electron chi connectivity index (χ0n) is 10.4. The zero-order valence-corrected chi connectivity index (χ0v) is 10.4. The molecule has 2 heterocycles. The van der Waals surface area contributed by atoms with Gasteiger partial charge >= 0.3 is 0 Å². The second kappa shape index (κ2) is 4.91. The molecule has 3 N–H and O–H groups in total. The number of carbonyl (C=O) groups excluding carboxylic acids is 1. The van der Waals surface area contributed by atoms with Gasteiger partial charge in [-0.3, -0.25) is 9.48 Å². The molecule has 0 aliphatic heterocycles. The first-order chi connectivity index (χ1) is 8.56. The minimum atomic E-state index is -0.166. The summed E-state index contributed by atoms with van der Waals surface area (Å²) in [6, 6.07) is 1.95. The monoisotopic (exact) mass is 248 g/mol. The maximum atomic E-state index is 11.8. The molecule has 2 aromatic rings. The molecule has 2 aromatic heterocycles. The summed E-state index contributed by atoms with van der Waals surface area (Å²) in [6.45, 7) is 4.12. The van der Waals surface area contributed by atoms with Gasteiger partial charge in [-0.1, -0.05) is 0 Å². The Labute approximate surface area is 105 Å². The molecule has 0 aromatic carbocycles. The lowest BCUT2D eigenvalue weighted by atomic mass is 10.4. The van der Waals surface area contributed by atoms with Crippen molar-refractivity contribution in [3.63, 3.8) is 0 Å². The normalized spacial score (nSPS) is 10.8. The molecular formula is C11H16N6O. The van der Waals surface area contributed by atoms with Crippen molar-refractivity contribution in [1.82, 2.24) is 19.6 Å². The van der Waals surface area contributed by atoms with Crippen LogP contribution in [0, 0.1) is 0 Å². The van der Waals surface area contributed by atoms with Gasteiger partial charge in [0.1, 0.15) is 12.4 Å². The number of nitrogens with zero attached hydrogens (tertiary/aromatic N) is 4. The van der Waals surface area contributed by atoms with Crippen molar-refractivity contribution in [2.75, 3.05) is 11.1 Å². The first-order valence-electron chi connectivity index (χ1n) is 5.67. The molecule has 18 heavy (non-hydrogen) atoms. The number of rotatable bonds is 4. The van der Waals surface area contributed by atoms with Gasteiger partial charge in [-0.05, 0) is 13.8 Å². The fourth-order valence-corrected chi connectivity index (χ4v) is 1.62. The quantitative estimate of drug-likeness (QED) is 0.840. The van der Waals surface area contributed by atoms with E-state index in [0.29, 0.717) is 11.5 Å². The van der Waals surface area contributed by atoms with Crippen LogP contribution in [-0.4, -0.2) is 25.5 Å². The van der Waals surface area contributed by atoms with E-state index in [1.54, 1.807) is 23.1 Å². The summed E-state index contributed by atoms with van der Waals surface area (Å²) in [5.41, 5.74) is 6.06. The highest BCUT2D eigenvalue weighted by molar-refractivity contribution is 5.89. The first-order valence-corrected chi connectivity index (χ1v) is 5.67. The van der Waals surface area contributed by atoms with Crippen LogP contribution in [0.3, 0.4) is 0 Å². The lowest BCUT2D eigenvalue weighted by Gasteiger charge is -2.11. The van der Waals surface area contributed by atoms with Gasteiger partial charge in [0.15, 0.2) is 0 Å². The van der Waals surface area contributed by atoms with Crippen LogP contribution in [0.2, 0.25) is 0 Å². The summed E-state index contributed by atoms with van der Waals surface area (Å²) in [4.78, 5) is 11.8. The number of anilines is 2. The predicted molar refractivity (Wildman–Crippen MR) is 67.9 cm³/mol. The topological polar surface area (TPSA) is 90.8 Å². The highest BCUT2D eigenvalue weighted by Gasteiger charge is 2.10. The van der Waals surface area contributed by atoms with Crippen molar-refractivity contribution in [2.45, 2.75) is 26.4 Å². The van der Waals surface area contributed by atoms with Gasteiger partial charge < -0.3 is 11.1 Å². The average Bonchev–Trinajstić information content (AvgIpc) is 2.87. The minimum Gasteiger partial charge on any atom is -0.396 e. The number of nitrogens with one attached hydrogen (secondary N) is 1. The molecule has 0 aliphatic rings. The Kier molecular flexibility index (Phi) is 3.31. The highest BCUT2D eigenvalue weighted by atomic mass is 16.2. The second-order valence-electron chi connectivity index (χ2n) is 4.27. The van der Waals surface area contributed by atoms with Crippen LogP contribution in [0.4, 0.5) is 11.5 Å². The van der Waals surface area contributed by atoms with Gasteiger partial charge in [-0.2, -0.15) is 10.2 Å². The van der Waals surface area contributed by atoms with Crippen LogP contribution in [0.5, 0.6) is 0 Å². The average molecular weight is 248 g/mol. The van der Waals surface area contributed by atoms with Crippen molar-refractivity contribution in [3.05, 3.63) is 24.7 Å². The van der Waals surface area contributed by atoms with Crippen molar-refractivity contribution in [3.8, 4) is 0 Å².